The SMILES string of the molecule is CC(C)(O)C1CCCCC1.CO. The Balaban J connectivity index is 0.000000561. The van der Waals surface area contributed by atoms with E-state index in [0.29, 0.717) is 5.92 Å². The van der Waals surface area contributed by atoms with E-state index in [9.17, 15) is 5.11 Å². The van der Waals surface area contributed by atoms with Crippen LogP contribution in [-0.4, -0.2) is 22.9 Å². The first-order valence-corrected chi connectivity index (χ1v) is 4.78. The average molecular weight is 174 g/mol. The summed E-state index contributed by atoms with van der Waals surface area (Å²) in [5.74, 6) is 0.557. The Bertz CT molecular complexity index is 98.9. The Morgan fingerprint density at radius 2 is 1.42 bits per heavy atom. The topological polar surface area (TPSA) is 40.5 Å². The summed E-state index contributed by atoms with van der Waals surface area (Å²) >= 11 is 0. The van der Waals surface area contributed by atoms with Crippen LogP contribution in [-0.2, 0) is 0 Å². The van der Waals surface area contributed by atoms with Crippen LogP contribution < -0.4 is 0 Å². The molecule has 12 heavy (non-hydrogen) atoms. The molecule has 0 aliphatic heterocycles. The first-order chi connectivity index (χ1) is 5.61. The van der Waals surface area contributed by atoms with Crippen LogP contribution in [0.25, 0.3) is 0 Å². The fraction of sp³-hybridized carbons (Fsp3) is 1.00. The highest BCUT2D eigenvalue weighted by atomic mass is 16.3. The minimum atomic E-state index is -0.430. The largest absolute Gasteiger partial charge is 0.400 e. The number of hydrogen-bond acceptors (Lipinski definition) is 2. The second-order valence-electron chi connectivity index (χ2n) is 3.99. The molecule has 0 heterocycles. The molecule has 2 N–H and O–H groups in total. The van der Waals surface area contributed by atoms with Gasteiger partial charge in [0.25, 0.3) is 0 Å². The van der Waals surface area contributed by atoms with Gasteiger partial charge in [-0.3, -0.25) is 0 Å². The zero-order valence-corrected chi connectivity index (χ0v) is 8.51. The van der Waals surface area contributed by atoms with Crippen molar-refractivity contribution in [3.05, 3.63) is 0 Å². The lowest BCUT2D eigenvalue weighted by atomic mass is 9.79. The van der Waals surface area contributed by atoms with E-state index in [2.05, 4.69) is 0 Å². The lowest BCUT2D eigenvalue weighted by Gasteiger charge is -2.32. The maximum atomic E-state index is 9.64. The lowest BCUT2D eigenvalue weighted by Crippen LogP contribution is -2.32. The molecule has 0 radical (unpaired) electrons. The van der Waals surface area contributed by atoms with E-state index in [4.69, 9.17) is 5.11 Å². The van der Waals surface area contributed by atoms with Gasteiger partial charge in [0.05, 0.1) is 5.60 Å². The van der Waals surface area contributed by atoms with Gasteiger partial charge in [-0.05, 0) is 32.6 Å². The predicted molar refractivity (Wildman–Crippen MR) is 51.0 cm³/mol. The fourth-order valence-corrected chi connectivity index (χ4v) is 1.81. The van der Waals surface area contributed by atoms with Crippen molar-refractivity contribution in [1.82, 2.24) is 0 Å². The fourth-order valence-electron chi connectivity index (χ4n) is 1.81. The van der Waals surface area contributed by atoms with Crippen molar-refractivity contribution in [2.24, 2.45) is 5.92 Å². The van der Waals surface area contributed by atoms with Crippen LogP contribution >= 0.6 is 0 Å². The molecule has 0 aromatic carbocycles. The molecule has 0 spiro atoms. The minimum absolute atomic E-state index is 0.430. The molecule has 1 saturated carbocycles. The Labute approximate surface area is 75.6 Å². The molecule has 1 aliphatic carbocycles. The predicted octanol–water partition coefficient (Wildman–Crippen LogP) is 1.95. The van der Waals surface area contributed by atoms with Gasteiger partial charge in [-0.2, -0.15) is 0 Å². The van der Waals surface area contributed by atoms with Crippen molar-refractivity contribution in [3.63, 3.8) is 0 Å². The van der Waals surface area contributed by atoms with Gasteiger partial charge in [0.1, 0.15) is 0 Å². The van der Waals surface area contributed by atoms with Crippen molar-refractivity contribution in [3.8, 4) is 0 Å². The molecule has 1 fully saturated rings. The van der Waals surface area contributed by atoms with Crippen LogP contribution in [0.5, 0.6) is 0 Å². The maximum absolute atomic E-state index is 9.64. The molecular formula is C10H22O2. The Morgan fingerprint density at radius 1 is 1.00 bits per heavy atom. The normalized spacial score (nSPS) is 19.8. The van der Waals surface area contributed by atoms with E-state index in [1.54, 1.807) is 0 Å². The van der Waals surface area contributed by atoms with E-state index < -0.39 is 5.60 Å². The van der Waals surface area contributed by atoms with Crippen molar-refractivity contribution in [2.45, 2.75) is 51.6 Å². The van der Waals surface area contributed by atoms with Crippen molar-refractivity contribution >= 4 is 0 Å². The molecule has 1 aliphatic rings. The summed E-state index contributed by atoms with van der Waals surface area (Å²) < 4.78 is 0. The van der Waals surface area contributed by atoms with E-state index >= 15 is 0 Å². The van der Waals surface area contributed by atoms with Crippen LogP contribution in [0.15, 0.2) is 0 Å². The summed E-state index contributed by atoms with van der Waals surface area (Å²) in [4.78, 5) is 0. The highest BCUT2D eigenvalue weighted by Gasteiger charge is 2.27. The lowest BCUT2D eigenvalue weighted by molar-refractivity contribution is 0.000835. The van der Waals surface area contributed by atoms with Crippen molar-refractivity contribution < 1.29 is 10.2 Å². The zero-order valence-electron chi connectivity index (χ0n) is 8.51. The van der Waals surface area contributed by atoms with Gasteiger partial charge in [-0.25, -0.2) is 0 Å². The van der Waals surface area contributed by atoms with Crippen LogP contribution in [0.2, 0.25) is 0 Å². The highest BCUT2D eigenvalue weighted by molar-refractivity contribution is 4.79. The van der Waals surface area contributed by atoms with E-state index in [-0.39, 0.29) is 0 Å². The molecule has 0 atom stereocenters. The van der Waals surface area contributed by atoms with Crippen LogP contribution in [0.3, 0.4) is 0 Å². The summed E-state index contributed by atoms with van der Waals surface area (Å²) in [6.45, 7) is 3.87. The van der Waals surface area contributed by atoms with Gasteiger partial charge in [-0.1, -0.05) is 19.3 Å². The minimum Gasteiger partial charge on any atom is -0.400 e. The van der Waals surface area contributed by atoms with E-state index in [1.807, 2.05) is 13.8 Å². The van der Waals surface area contributed by atoms with Crippen LogP contribution in [0.4, 0.5) is 0 Å². The van der Waals surface area contributed by atoms with Gasteiger partial charge < -0.3 is 10.2 Å². The van der Waals surface area contributed by atoms with E-state index in [0.717, 1.165) is 7.11 Å². The third-order valence-corrected chi connectivity index (χ3v) is 2.60. The molecule has 0 aromatic heterocycles. The average Bonchev–Trinajstić information content (AvgIpc) is 2.08. The van der Waals surface area contributed by atoms with Crippen molar-refractivity contribution in [1.29, 1.82) is 0 Å². The summed E-state index contributed by atoms with van der Waals surface area (Å²) in [6, 6.07) is 0. The van der Waals surface area contributed by atoms with Gasteiger partial charge in [0.2, 0.25) is 0 Å². The van der Waals surface area contributed by atoms with Crippen LogP contribution in [0, 0.1) is 5.92 Å². The second-order valence-corrected chi connectivity index (χ2v) is 3.99. The van der Waals surface area contributed by atoms with Crippen LogP contribution in [0.1, 0.15) is 46.0 Å². The monoisotopic (exact) mass is 174 g/mol. The summed E-state index contributed by atoms with van der Waals surface area (Å²) in [6.07, 6.45) is 6.45. The number of rotatable bonds is 1. The Morgan fingerprint density at radius 3 is 1.67 bits per heavy atom. The quantitative estimate of drug-likeness (QED) is 0.638. The Kier molecular flexibility index (Phi) is 5.51. The van der Waals surface area contributed by atoms with Gasteiger partial charge in [0, 0.05) is 7.11 Å². The molecule has 2 heteroatoms. The van der Waals surface area contributed by atoms with Gasteiger partial charge in [-0.15, -0.1) is 0 Å². The summed E-state index contributed by atoms with van der Waals surface area (Å²) in [5.41, 5.74) is -0.430. The first-order valence-electron chi connectivity index (χ1n) is 4.78. The Hall–Kier alpha value is -0.0800. The smallest absolute Gasteiger partial charge is 0.0619 e. The third-order valence-electron chi connectivity index (χ3n) is 2.60. The molecule has 74 valence electrons. The molecule has 0 amide bonds. The molecule has 2 nitrogen and oxygen atoms in total. The summed E-state index contributed by atoms with van der Waals surface area (Å²) in [5, 5.41) is 16.6. The van der Waals surface area contributed by atoms with E-state index in [1.165, 1.54) is 32.1 Å². The maximum Gasteiger partial charge on any atom is 0.0619 e. The van der Waals surface area contributed by atoms with Gasteiger partial charge in [0.15, 0.2) is 0 Å². The molecule has 0 unspecified atom stereocenters. The highest BCUT2D eigenvalue weighted by Crippen LogP contribution is 2.31. The molecule has 0 aromatic rings. The molecule has 1 rings (SSSR count). The second kappa shape index (κ2) is 5.55. The summed E-state index contributed by atoms with van der Waals surface area (Å²) in [7, 11) is 1.00. The third kappa shape index (κ3) is 4.07. The van der Waals surface area contributed by atoms with Gasteiger partial charge >= 0.3 is 0 Å². The first kappa shape index (κ1) is 11.9. The number of hydrogen-bond donors (Lipinski definition) is 2. The standard InChI is InChI=1S/C9H18O.CH4O/c1-9(2,10)8-6-4-3-5-7-8;1-2/h8,10H,3-7H2,1-2H3;2H,1H3. The zero-order chi connectivity index (χ0) is 9.61. The van der Waals surface area contributed by atoms with Crippen molar-refractivity contribution in [2.75, 3.05) is 7.11 Å². The number of aliphatic hydroxyl groups is 2. The molecule has 0 saturated heterocycles. The molecule has 0 bridgehead atoms. The molecular weight excluding hydrogens is 152 g/mol. The number of aliphatic hydroxyl groups excluding tert-OH is 1.